The number of benzene rings is 1. The number of aryl methyl sites for hydroxylation is 2. The van der Waals surface area contributed by atoms with Crippen LogP contribution in [0.5, 0.6) is 0 Å². The van der Waals surface area contributed by atoms with Crippen LogP contribution in [-0.4, -0.2) is 15.0 Å². The molecule has 4 nitrogen and oxygen atoms in total. The molecule has 0 fully saturated rings. The third-order valence-corrected chi connectivity index (χ3v) is 2.97. The normalized spacial score (nSPS) is 10.9. The summed E-state index contributed by atoms with van der Waals surface area (Å²) in [7, 11) is 0. The van der Waals surface area contributed by atoms with Crippen LogP contribution in [0.1, 0.15) is 11.4 Å². The number of aromatic amines is 1. The number of anilines is 1. The van der Waals surface area contributed by atoms with Gasteiger partial charge in [0.2, 0.25) is 0 Å². The number of hydrogen-bond acceptors (Lipinski definition) is 3. The summed E-state index contributed by atoms with van der Waals surface area (Å²) < 4.78 is 0. The fourth-order valence-corrected chi connectivity index (χ4v) is 2.03. The third kappa shape index (κ3) is 2.05. The molecular formula is C14H14N4. The van der Waals surface area contributed by atoms with Crippen molar-refractivity contribution < 1.29 is 0 Å². The fourth-order valence-electron chi connectivity index (χ4n) is 2.03. The van der Waals surface area contributed by atoms with Crippen LogP contribution in [0.25, 0.3) is 11.0 Å². The number of aromatic nitrogens is 3. The first kappa shape index (κ1) is 10.8. The Morgan fingerprint density at radius 1 is 1.11 bits per heavy atom. The van der Waals surface area contributed by atoms with E-state index in [4.69, 9.17) is 5.73 Å². The number of para-hydroxylation sites is 1. The van der Waals surface area contributed by atoms with E-state index in [1.807, 2.05) is 30.5 Å². The van der Waals surface area contributed by atoms with Crippen molar-refractivity contribution in [1.29, 1.82) is 0 Å². The number of pyridine rings is 1. The monoisotopic (exact) mass is 238 g/mol. The number of H-pyrrole nitrogens is 1. The first-order valence-electron chi connectivity index (χ1n) is 5.95. The van der Waals surface area contributed by atoms with E-state index in [-0.39, 0.29) is 0 Å². The van der Waals surface area contributed by atoms with Gasteiger partial charge in [0.05, 0.1) is 11.2 Å². The molecule has 4 heteroatoms. The largest absolute Gasteiger partial charge is 0.397 e. The molecular weight excluding hydrogens is 224 g/mol. The minimum absolute atomic E-state index is 0.719. The number of nitrogen functional groups attached to an aromatic ring is 1. The van der Waals surface area contributed by atoms with Gasteiger partial charge in [0, 0.05) is 18.8 Å². The molecule has 18 heavy (non-hydrogen) atoms. The highest BCUT2D eigenvalue weighted by atomic mass is 14.9. The van der Waals surface area contributed by atoms with Gasteiger partial charge in [-0.15, -0.1) is 0 Å². The first-order chi connectivity index (χ1) is 8.83. The Kier molecular flexibility index (Phi) is 2.68. The SMILES string of the molecule is Nc1cccc2[nH]c(CCc3cccnc3)nc12. The lowest BCUT2D eigenvalue weighted by molar-refractivity contribution is 0.885. The highest BCUT2D eigenvalue weighted by Crippen LogP contribution is 2.18. The zero-order valence-electron chi connectivity index (χ0n) is 9.93. The molecule has 3 rings (SSSR count). The van der Waals surface area contributed by atoms with Gasteiger partial charge in [-0.3, -0.25) is 4.98 Å². The summed E-state index contributed by atoms with van der Waals surface area (Å²) in [4.78, 5) is 11.9. The molecule has 0 aliphatic carbocycles. The van der Waals surface area contributed by atoms with Gasteiger partial charge in [-0.1, -0.05) is 12.1 Å². The van der Waals surface area contributed by atoms with Crippen LogP contribution < -0.4 is 5.73 Å². The molecule has 0 bridgehead atoms. The van der Waals surface area contributed by atoms with Gasteiger partial charge in [0.15, 0.2) is 0 Å². The molecule has 0 amide bonds. The lowest BCUT2D eigenvalue weighted by atomic mass is 10.1. The standard InChI is InChI=1S/C14H14N4/c15-11-4-1-5-12-14(11)18-13(17-12)7-6-10-3-2-8-16-9-10/h1-5,8-9H,6-7,15H2,(H,17,18). The topological polar surface area (TPSA) is 67.6 Å². The molecule has 3 aromatic rings. The highest BCUT2D eigenvalue weighted by Gasteiger charge is 2.05. The summed E-state index contributed by atoms with van der Waals surface area (Å²) in [5.41, 5.74) is 9.67. The summed E-state index contributed by atoms with van der Waals surface area (Å²) in [6.07, 6.45) is 5.45. The van der Waals surface area contributed by atoms with Crippen LogP contribution in [0.2, 0.25) is 0 Å². The Bertz CT molecular complexity index is 658. The smallest absolute Gasteiger partial charge is 0.111 e. The van der Waals surface area contributed by atoms with Gasteiger partial charge in [-0.05, 0) is 30.2 Å². The number of nitrogens with two attached hydrogens (primary N) is 1. The average Bonchev–Trinajstić information content (AvgIpc) is 2.82. The minimum Gasteiger partial charge on any atom is -0.397 e. The van der Waals surface area contributed by atoms with Crippen molar-refractivity contribution in [3.05, 3.63) is 54.1 Å². The summed E-state index contributed by atoms with van der Waals surface area (Å²) in [5, 5.41) is 0. The third-order valence-electron chi connectivity index (χ3n) is 2.97. The van der Waals surface area contributed by atoms with Gasteiger partial charge in [0.25, 0.3) is 0 Å². The molecule has 2 aromatic heterocycles. The molecule has 3 N–H and O–H groups in total. The predicted octanol–water partition coefficient (Wildman–Crippen LogP) is 2.33. The predicted molar refractivity (Wildman–Crippen MR) is 72.2 cm³/mol. The summed E-state index contributed by atoms with van der Waals surface area (Å²) in [6.45, 7) is 0. The minimum atomic E-state index is 0.719. The second-order valence-corrected chi connectivity index (χ2v) is 4.29. The number of rotatable bonds is 3. The van der Waals surface area contributed by atoms with Gasteiger partial charge in [0.1, 0.15) is 11.3 Å². The fraction of sp³-hybridized carbons (Fsp3) is 0.143. The number of fused-ring (bicyclic) bond motifs is 1. The van der Waals surface area contributed by atoms with E-state index < -0.39 is 0 Å². The zero-order chi connectivity index (χ0) is 12.4. The van der Waals surface area contributed by atoms with E-state index in [9.17, 15) is 0 Å². The van der Waals surface area contributed by atoms with Crippen LogP contribution in [0.3, 0.4) is 0 Å². The van der Waals surface area contributed by atoms with Crippen LogP contribution in [-0.2, 0) is 12.8 Å². The van der Waals surface area contributed by atoms with Crippen molar-refractivity contribution in [2.24, 2.45) is 0 Å². The van der Waals surface area contributed by atoms with Crippen LogP contribution in [0.4, 0.5) is 5.69 Å². The van der Waals surface area contributed by atoms with Crippen molar-refractivity contribution in [3.8, 4) is 0 Å². The van der Waals surface area contributed by atoms with Crippen molar-refractivity contribution in [2.45, 2.75) is 12.8 Å². The molecule has 0 unspecified atom stereocenters. The van der Waals surface area contributed by atoms with E-state index >= 15 is 0 Å². The second kappa shape index (κ2) is 4.49. The molecule has 2 heterocycles. The van der Waals surface area contributed by atoms with Gasteiger partial charge in [-0.2, -0.15) is 0 Å². The molecule has 0 atom stereocenters. The maximum atomic E-state index is 5.88. The molecule has 0 aliphatic rings. The summed E-state index contributed by atoms with van der Waals surface area (Å²) in [6, 6.07) is 9.82. The average molecular weight is 238 g/mol. The lowest BCUT2D eigenvalue weighted by Gasteiger charge is -1.97. The number of nitrogens with one attached hydrogen (secondary N) is 1. The Balaban J connectivity index is 1.81. The Morgan fingerprint density at radius 2 is 2.06 bits per heavy atom. The molecule has 0 saturated heterocycles. The molecule has 0 spiro atoms. The van der Waals surface area contributed by atoms with Crippen molar-refractivity contribution in [3.63, 3.8) is 0 Å². The molecule has 0 saturated carbocycles. The lowest BCUT2D eigenvalue weighted by Crippen LogP contribution is -1.93. The Labute approximate surface area is 105 Å². The number of nitrogens with zero attached hydrogens (tertiary/aromatic N) is 2. The Hall–Kier alpha value is -2.36. The highest BCUT2D eigenvalue weighted by molar-refractivity contribution is 5.86. The van der Waals surface area contributed by atoms with E-state index in [1.54, 1.807) is 6.20 Å². The second-order valence-electron chi connectivity index (χ2n) is 4.29. The van der Waals surface area contributed by atoms with E-state index in [0.29, 0.717) is 0 Å². The van der Waals surface area contributed by atoms with Crippen molar-refractivity contribution in [2.75, 3.05) is 5.73 Å². The van der Waals surface area contributed by atoms with Gasteiger partial charge >= 0.3 is 0 Å². The van der Waals surface area contributed by atoms with Gasteiger partial charge in [-0.25, -0.2) is 4.98 Å². The first-order valence-corrected chi connectivity index (χ1v) is 5.95. The van der Waals surface area contributed by atoms with E-state index in [0.717, 1.165) is 35.4 Å². The maximum absolute atomic E-state index is 5.88. The number of hydrogen-bond donors (Lipinski definition) is 2. The molecule has 0 radical (unpaired) electrons. The van der Waals surface area contributed by atoms with Crippen LogP contribution >= 0.6 is 0 Å². The number of imidazole rings is 1. The van der Waals surface area contributed by atoms with Crippen molar-refractivity contribution >= 4 is 16.7 Å². The maximum Gasteiger partial charge on any atom is 0.111 e. The Morgan fingerprint density at radius 3 is 2.83 bits per heavy atom. The molecule has 1 aromatic carbocycles. The van der Waals surface area contributed by atoms with Crippen LogP contribution in [0, 0.1) is 0 Å². The molecule has 90 valence electrons. The van der Waals surface area contributed by atoms with E-state index in [2.05, 4.69) is 21.0 Å². The summed E-state index contributed by atoms with van der Waals surface area (Å²) in [5.74, 6) is 0.965. The van der Waals surface area contributed by atoms with Crippen molar-refractivity contribution in [1.82, 2.24) is 15.0 Å². The zero-order valence-corrected chi connectivity index (χ0v) is 9.93. The quantitative estimate of drug-likeness (QED) is 0.688. The van der Waals surface area contributed by atoms with Crippen LogP contribution in [0.15, 0.2) is 42.7 Å². The molecule has 0 aliphatic heterocycles. The summed E-state index contributed by atoms with van der Waals surface area (Å²) >= 11 is 0. The van der Waals surface area contributed by atoms with Gasteiger partial charge < -0.3 is 10.7 Å². The van der Waals surface area contributed by atoms with E-state index in [1.165, 1.54) is 5.56 Å².